The first-order valence-corrected chi connectivity index (χ1v) is 8.80. The molecule has 4 rings (SSSR count). The predicted molar refractivity (Wildman–Crippen MR) is 95.0 cm³/mol. The third kappa shape index (κ3) is 3.24. The Morgan fingerprint density at radius 1 is 1.20 bits per heavy atom. The summed E-state index contributed by atoms with van der Waals surface area (Å²) in [7, 11) is 0. The predicted octanol–water partition coefficient (Wildman–Crippen LogP) is 2.24. The maximum atomic E-state index is 12.4. The number of nitrogens with one attached hydrogen (secondary N) is 1. The van der Waals surface area contributed by atoms with Crippen molar-refractivity contribution in [3.8, 4) is 11.5 Å². The number of aliphatic hydroxyl groups is 1. The fraction of sp³-hybridized carbons (Fsp3) is 0.526. The standard InChI is InChI=1S/C19H24N2O4/c1-19(2,23)14-3-5-21(6-4-14)10-13-7-12-8-16-17(25-11-24-16)9-15(12)20-18(13)22/h7-9,14,23H,3-6,10-11H2,1-2H3,(H,20,22). The van der Waals surface area contributed by atoms with Crippen molar-refractivity contribution in [1.82, 2.24) is 9.88 Å². The molecule has 0 atom stereocenters. The van der Waals surface area contributed by atoms with Gasteiger partial charge in [-0.1, -0.05) is 0 Å². The van der Waals surface area contributed by atoms with E-state index in [1.807, 2.05) is 32.0 Å². The van der Waals surface area contributed by atoms with E-state index in [9.17, 15) is 9.90 Å². The Balaban J connectivity index is 1.53. The zero-order chi connectivity index (χ0) is 17.6. The number of pyridine rings is 1. The van der Waals surface area contributed by atoms with E-state index < -0.39 is 5.60 Å². The number of aromatic nitrogens is 1. The van der Waals surface area contributed by atoms with Gasteiger partial charge in [-0.25, -0.2) is 0 Å². The summed E-state index contributed by atoms with van der Waals surface area (Å²) in [6, 6.07) is 5.67. The molecule has 2 N–H and O–H groups in total. The van der Waals surface area contributed by atoms with E-state index in [-0.39, 0.29) is 12.4 Å². The lowest BCUT2D eigenvalue weighted by Crippen LogP contribution is -2.42. The van der Waals surface area contributed by atoms with Gasteiger partial charge < -0.3 is 19.6 Å². The van der Waals surface area contributed by atoms with Gasteiger partial charge in [0.05, 0.1) is 11.1 Å². The molecule has 0 aliphatic carbocycles. The molecule has 2 aliphatic rings. The lowest BCUT2D eigenvalue weighted by atomic mass is 9.83. The maximum Gasteiger partial charge on any atom is 0.252 e. The number of likely N-dealkylation sites (tertiary alicyclic amines) is 1. The van der Waals surface area contributed by atoms with Crippen LogP contribution in [-0.2, 0) is 6.54 Å². The van der Waals surface area contributed by atoms with Crippen molar-refractivity contribution in [2.45, 2.75) is 38.8 Å². The summed E-state index contributed by atoms with van der Waals surface area (Å²) < 4.78 is 10.8. The first kappa shape index (κ1) is 16.4. The van der Waals surface area contributed by atoms with Crippen LogP contribution in [-0.4, -0.2) is 40.5 Å². The quantitative estimate of drug-likeness (QED) is 0.893. The molecule has 0 unspecified atom stereocenters. The Hall–Kier alpha value is -2.05. The molecule has 0 amide bonds. The number of hydrogen-bond donors (Lipinski definition) is 2. The van der Waals surface area contributed by atoms with Crippen LogP contribution in [0.3, 0.4) is 0 Å². The monoisotopic (exact) mass is 344 g/mol. The first-order chi connectivity index (χ1) is 11.9. The molecule has 0 bridgehead atoms. The van der Waals surface area contributed by atoms with Crippen molar-refractivity contribution in [2.75, 3.05) is 19.9 Å². The number of ether oxygens (including phenoxy) is 2. The average Bonchev–Trinajstić information content (AvgIpc) is 3.00. The summed E-state index contributed by atoms with van der Waals surface area (Å²) in [5.41, 5.74) is 0.831. The Morgan fingerprint density at radius 3 is 2.56 bits per heavy atom. The third-order valence-electron chi connectivity index (χ3n) is 5.39. The summed E-state index contributed by atoms with van der Waals surface area (Å²) in [5, 5.41) is 11.1. The minimum absolute atomic E-state index is 0.0593. The van der Waals surface area contributed by atoms with Crippen molar-refractivity contribution in [2.24, 2.45) is 5.92 Å². The molecule has 134 valence electrons. The molecule has 1 aromatic heterocycles. The topological polar surface area (TPSA) is 74.8 Å². The van der Waals surface area contributed by atoms with Crippen molar-refractivity contribution in [1.29, 1.82) is 0 Å². The third-order valence-corrected chi connectivity index (χ3v) is 5.39. The van der Waals surface area contributed by atoms with E-state index >= 15 is 0 Å². The van der Waals surface area contributed by atoms with E-state index in [1.165, 1.54) is 0 Å². The molecular weight excluding hydrogens is 320 g/mol. The summed E-state index contributed by atoms with van der Waals surface area (Å²) in [4.78, 5) is 17.7. The Kier molecular flexibility index (Phi) is 3.96. The Labute approximate surface area is 146 Å². The molecule has 25 heavy (non-hydrogen) atoms. The van der Waals surface area contributed by atoms with Gasteiger partial charge in [0.1, 0.15) is 0 Å². The number of piperidine rings is 1. The highest BCUT2D eigenvalue weighted by molar-refractivity contribution is 5.83. The SMILES string of the molecule is CC(C)(O)C1CCN(Cc2cc3cc4c(cc3[nH]c2=O)OCO4)CC1. The minimum Gasteiger partial charge on any atom is -0.454 e. The summed E-state index contributed by atoms with van der Waals surface area (Å²) >= 11 is 0. The molecule has 1 aromatic carbocycles. The van der Waals surface area contributed by atoms with Crippen LogP contribution in [0.4, 0.5) is 0 Å². The molecule has 0 saturated carbocycles. The van der Waals surface area contributed by atoms with Crippen LogP contribution in [0.2, 0.25) is 0 Å². The van der Waals surface area contributed by atoms with Crippen LogP contribution < -0.4 is 15.0 Å². The Morgan fingerprint density at radius 2 is 1.88 bits per heavy atom. The molecule has 0 spiro atoms. The number of nitrogens with zero attached hydrogens (tertiary/aromatic N) is 1. The second kappa shape index (κ2) is 6.04. The van der Waals surface area contributed by atoms with Crippen LogP contribution in [0, 0.1) is 5.92 Å². The van der Waals surface area contributed by atoms with Crippen LogP contribution in [0.15, 0.2) is 23.0 Å². The zero-order valence-electron chi connectivity index (χ0n) is 14.7. The minimum atomic E-state index is -0.630. The Bertz CT molecular complexity index is 845. The zero-order valence-corrected chi connectivity index (χ0v) is 14.7. The molecule has 2 aliphatic heterocycles. The lowest BCUT2D eigenvalue weighted by molar-refractivity contribution is -0.0136. The van der Waals surface area contributed by atoms with E-state index in [1.54, 1.807) is 0 Å². The molecule has 6 nitrogen and oxygen atoms in total. The van der Waals surface area contributed by atoms with Crippen molar-refractivity contribution in [3.05, 3.63) is 34.1 Å². The molecular formula is C19H24N2O4. The second-order valence-electron chi connectivity index (χ2n) is 7.62. The second-order valence-corrected chi connectivity index (χ2v) is 7.62. The number of benzene rings is 1. The van der Waals surface area contributed by atoms with E-state index in [0.717, 1.165) is 48.1 Å². The van der Waals surface area contributed by atoms with Gasteiger partial charge in [-0.2, -0.15) is 0 Å². The lowest BCUT2D eigenvalue weighted by Gasteiger charge is -2.37. The number of H-pyrrole nitrogens is 1. The summed E-state index contributed by atoms with van der Waals surface area (Å²) in [5.74, 6) is 1.71. The van der Waals surface area contributed by atoms with E-state index in [2.05, 4.69) is 9.88 Å². The maximum absolute atomic E-state index is 12.4. The summed E-state index contributed by atoms with van der Waals surface area (Å²) in [6.45, 7) is 6.40. The smallest absolute Gasteiger partial charge is 0.252 e. The van der Waals surface area contributed by atoms with E-state index in [0.29, 0.717) is 18.2 Å². The van der Waals surface area contributed by atoms with Gasteiger partial charge >= 0.3 is 0 Å². The van der Waals surface area contributed by atoms with Crippen LogP contribution in [0.5, 0.6) is 11.5 Å². The average molecular weight is 344 g/mol. The normalized spacial score (nSPS) is 18.8. The number of hydrogen-bond acceptors (Lipinski definition) is 5. The first-order valence-electron chi connectivity index (χ1n) is 8.80. The van der Waals surface area contributed by atoms with Crippen molar-refractivity contribution < 1.29 is 14.6 Å². The fourth-order valence-electron chi connectivity index (χ4n) is 3.80. The van der Waals surface area contributed by atoms with Crippen LogP contribution >= 0.6 is 0 Å². The molecule has 1 saturated heterocycles. The van der Waals surface area contributed by atoms with Gasteiger partial charge in [-0.3, -0.25) is 9.69 Å². The van der Waals surface area contributed by atoms with Crippen LogP contribution in [0.1, 0.15) is 32.3 Å². The molecule has 3 heterocycles. The summed E-state index contributed by atoms with van der Waals surface area (Å²) in [6.07, 6.45) is 1.90. The van der Waals surface area contributed by atoms with Gasteiger partial charge in [0.15, 0.2) is 11.5 Å². The highest BCUT2D eigenvalue weighted by atomic mass is 16.7. The largest absolute Gasteiger partial charge is 0.454 e. The number of rotatable bonds is 3. The highest BCUT2D eigenvalue weighted by Gasteiger charge is 2.30. The number of fused-ring (bicyclic) bond motifs is 2. The van der Waals surface area contributed by atoms with Gasteiger partial charge in [-0.15, -0.1) is 0 Å². The molecule has 6 heteroatoms. The number of aromatic amines is 1. The van der Waals surface area contributed by atoms with Crippen LogP contribution in [0.25, 0.3) is 10.9 Å². The highest BCUT2D eigenvalue weighted by Crippen LogP contribution is 2.35. The molecule has 0 radical (unpaired) electrons. The molecule has 2 aromatic rings. The van der Waals surface area contributed by atoms with Gasteiger partial charge in [0, 0.05) is 23.6 Å². The van der Waals surface area contributed by atoms with Crippen molar-refractivity contribution in [3.63, 3.8) is 0 Å². The van der Waals surface area contributed by atoms with Gasteiger partial charge in [0.25, 0.3) is 5.56 Å². The fourth-order valence-corrected chi connectivity index (χ4v) is 3.80. The van der Waals surface area contributed by atoms with E-state index in [4.69, 9.17) is 9.47 Å². The van der Waals surface area contributed by atoms with Crippen molar-refractivity contribution >= 4 is 10.9 Å². The molecule has 1 fully saturated rings. The van der Waals surface area contributed by atoms with Gasteiger partial charge in [0.2, 0.25) is 6.79 Å². The van der Waals surface area contributed by atoms with Gasteiger partial charge in [-0.05, 0) is 57.8 Å².